The number of aryl methyl sites for hydroxylation is 1. The number of rotatable bonds is 2. The molecular weight excluding hydrogens is 228 g/mol. The number of carboxylic acids is 1. The van der Waals surface area contributed by atoms with Crippen molar-refractivity contribution in [1.29, 1.82) is 0 Å². The molecule has 0 aromatic heterocycles. The van der Waals surface area contributed by atoms with E-state index >= 15 is 0 Å². The molecule has 0 unspecified atom stereocenters. The summed E-state index contributed by atoms with van der Waals surface area (Å²) in [6.07, 6.45) is 3.33. The molecule has 3 nitrogen and oxygen atoms in total. The van der Waals surface area contributed by atoms with Gasteiger partial charge in [0.05, 0.1) is 5.41 Å². The van der Waals surface area contributed by atoms with E-state index in [0.29, 0.717) is 12.8 Å². The fourth-order valence-electron chi connectivity index (χ4n) is 3.14. The molecule has 2 rings (SSSR count). The Morgan fingerprint density at radius 3 is 2.22 bits per heavy atom. The molecule has 0 radical (unpaired) electrons. The molecule has 2 N–H and O–H groups in total. The van der Waals surface area contributed by atoms with Crippen LogP contribution < -0.4 is 0 Å². The van der Waals surface area contributed by atoms with Gasteiger partial charge >= 0.3 is 5.97 Å². The van der Waals surface area contributed by atoms with Crippen molar-refractivity contribution in [3.63, 3.8) is 0 Å². The first-order valence-electron chi connectivity index (χ1n) is 6.44. The highest BCUT2D eigenvalue weighted by Gasteiger charge is 2.44. The minimum Gasteiger partial charge on any atom is -0.507 e. The zero-order valence-corrected chi connectivity index (χ0v) is 11.2. The maximum Gasteiger partial charge on any atom is 0.314 e. The van der Waals surface area contributed by atoms with Crippen molar-refractivity contribution in [3.8, 4) is 5.75 Å². The second kappa shape index (κ2) is 4.30. The van der Waals surface area contributed by atoms with Crippen LogP contribution in [0.2, 0.25) is 0 Å². The highest BCUT2D eigenvalue weighted by atomic mass is 16.4. The van der Waals surface area contributed by atoms with Crippen LogP contribution in [0.15, 0.2) is 6.07 Å². The average Bonchev–Trinajstić information content (AvgIpc) is 2.81. The smallest absolute Gasteiger partial charge is 0.314 e. The lowest BCUT2D eigenvalue weighted by molar-refractivity contribution is -0.143. The minimum absolute atomic E-state index is 0.287. The molecule has 0 atom stereocenters. The summed E-state index contributed by atoms with van der Waals surface area (Å²) in [5.41, 5.74) is 2.63. The first kappa shape index (κ1) is 12.9. The van der Waals surface area contributed by atoms with E-state index in [1.54, 1.807) is 0 Å². The molecule has 0 spiro atoms. The van der Waals surface area contributed by atoms with E-state index in [1.165, 1.54) is 0 Å². The highest BCUT2D eigenvalue weighted by Crippen LogP contribution is 2.45. The van der Waals surface area contributed by atoms with Gasteiger partial charge < -0.3 is 10.2 Å². The maximum atomic E-state index is 11.7. The third-order valence-electron chi connectivity index (χ3n) is 4.44. The maximum absolute atomic E-state index is 11.7. The Bertz CT molecular complexity index is 497. The van der Waals surface area contributed by atoms with Crippen molar-refractivity contribution in [2.24, 2.45) is 0 Å². The monoisotopic (exact) mass is 248 g/mol. The Morgan fingerprint density at radius 1 is 1.17 bits per heavy atom. The topological polar surface area (TPSA) is 57.5 Å². The predicted molar refractivity (Wildman–Crippen MR) is 70.1 cm³/mol. The van der Waals surface area contributed by atoms with Crippen LogP contribution in [-0.4, -0.2) is 16.2 Å². The van der Waals surface area contributed by atoms with Gasteiger partial charge in [-0.05, 0) is 55.9 Å². The van der Waals surface area contributed by atoms with Crippen LogP contribution in [-0.2, 0) is 10.2 Å². The highest BCUT2D eigenvalue weighted by molar-refractivity contribution is 5.83. The second-order valence-corrected chi connectivity index (χ2v) is 5.43. The van der Waals surface area contributed by atoms with Crippen molar-refractivity contribution >= 4 is 5.97 Å². The number of carbonyl (C=O) groups is 1. The molecule has 1 aliphatic rings. The SMILES string of the molecule is Cc1cc(C2(C(=O)O)CCCC2)c(C)c(C)c1O. The van der Waals surface area contributed by atoms with Crippen molar-refractivity contribution in [1.82, 2.24) is 0 Å². The van der Waals surface area contributed by atoms with Gasteiger partial charge in [-0.15, -0.1) is 0 Å². The molecule has 1 aromatic rings. The molecule has 1 aromatic carbocycles. The fourth-order valence-corrected chi connectivity index (χ4v) is 3.14. The third kappa shape index (κ3) is 1.69. The van der Waals surface area contributed by atoms with Crippen LogP contribution in [0.5, 0.6) is 5.75 Å². The molecule has 0 aliphatic heterocycles. The van der Waals surface area contributed by atoms with Gasteiger partial charge in [-0.2, -0.15) is 0 Å². The second-order valence-electron chi connectivity index (χ2n) is 5.43. The zero-order chi connectivity index (χ0) is 13.5. The van der Waals surface area contributed by atoms with Crippen molar-refractivity contribution in [3.05, 3.63) is 28.3 Å². The van der Waals surface area contributed by atoms with E-state index in [0.717, 1.165) is 35.1 Å². The fraction of sp³-hybridized carbons (Fsp3) is 0.533. The van der Waals surface area contributed by atoms with Gasteiger partial charge in [0, 0.05) is 0 Å². The van der Waals surface area contributed by atoms with Crippen LogP contribution in [0, 0.1) is 20.8 Å². The van der Waals surface area contributed by atoms with Gasteiger partial charge in [0.2, 0.25) is 0 Å². The van der Waals surface area contributed by atoms with E-state index in [2.05, 4.69) is 0 Å². The number of phenolic OH excluding ortho intramolecular Hbond substituents is 1. The van der Waals surface area contributed by atoms with Crippen LogP contribution in [0.25, 0.3) is 0 Å². The van der Waals surface area contributed by atoms with Gasteiger partial charge in [0.25, 0.3) is 0 Å². The Kier molecular flexibility index (Phi) is 3.09. The van der Waals surface area contributed by atoms with Gasteiger partial charge in [0.1, 0.15) is 5.75 Å². The summed E-state index contributed by atoms with van der Waals surface area (Å²) in [7, 11) is 0. The van der Waals surface area contributed by atoms with Crippen molar-refractivity contribution in [2.75, 3.05) is 0 Å². The van der Waals surface area contributed by atoms with Crippen LogP contribution in [0.4, 0.5) is 0 Å². The molecule has 1 aliphatic carbocycles. The summed E-state index contributed by atoms with van der Waals surface area (Å²) in [4.78, 5) is 11.7. The molecule has 0 heterocycles. The molecule has 0 bridgehead atoms. The quantitative estimate of drug-likeness (QED) is 0.845. The predicted octanol–water partition coefficient (Wildman–Crippen LogP) is 3.21. The Hall–Kier alpha value is -1.51. The van der Waals surface area contributed by atoms with E-state index in [9.17, 15) is 15.0 Å². The summed E-state index contributed by atoms with van der Waals surface area (Å²) in [5, 5.41) is 19.6. The lowest BCUT2D eigenvalue weighted by atomic mass is 9.75. The summed E-state index contributed by atoms with van der Waals surface area (Å²) in [5.74, 6) is -0.442. The van der Waals surface area contributed by atoms with Crippen LogP contribution in [0.3, 0.4) is 0 Å². The molecule has 1 fully saturated rings. The standard InChI is InChI=1S/C15H20O3/c1-9-8-12(10(2)11(3)13(9)16)15(14(17)18)6-4-5-7-15/h8,16H,4-7H2,1-3H3,(H,17,18). The summed E-state index contributed by atoms with van der Waals surface area (Å²) in [6, 6.07) is 1.86. The van der Waals surface area contributed by atoms with E-state index < -0.39 is 11.4 Å². The van der Waals surface area contributed by atoms with E-state index in [-0.39, 0.29) is 5.75 Å². The number of phenols is 1. The number of aromatic hydroxyl groups is 1. The first-order valence-corrected chi connectivity index (χ1v) is 6.44. The Morgan fingerprint density at radius 2 is 1.72 bits per heavy atom. The first-order chi connectivity index (χ1) is 8.40. The Labute approximate surface area is 107 Å². The molecule has 1 saturated carbocycles. The molecular formula is C15H20O3. The van der Waals surface area contributed by atoms with Crippen LogP contribution in [0.1, 0.15) is 47.9 Å². The summed E-state index contributed by atoms with van der Waals surface area (Å²) < 4.78 is 0. The van der Waals surface area contributed by atoms with Gasteiger partial charge in [-0.3, -0.25) is 4.79 Å². The lowest BCUT2D eigenvalue weighted by Crippen LogP contribution is -2.33. The Balaban J connectivity index is 2.67. The normalized spacial score (nSPS) is 17.9. The van der Waals surface area contributed by atoms with Crippen molar-refractivity contribution < 1.29 is 15.0 Å². The lowest BCUT2D eigenvalue weighted by Gasteiger charge is -2.28. The molecule has 18 heavy (non-hydrogen) atoms. The molecule has 0 saturated heterocycles. The summed E-state index contributed by atoms with van der Waals surface area (Å²) in [6.45, 7) is 5.59. The summed E-state index contributed by atoms with van der Waals surface area (Å²) >= 11 is 0. The minimum atomic E-state index is -0.743. The number of carboxylic acid groups (broad SMARTS) is 1. The van der Waals surface area contributed by atoms with Gasteiger partial charge in [0.15, 0.2) is 0 Å². The van der Waals surface area contributed by atoms with Gasteiger partial charge in [-0.25, -0.2) is 0 Å². The van der Waals surface area contributed by atoms with Crippen LogP contribution >= 0.6 is 0 Å². The van der Waals surface area contributed by atoms with E-state index in [4.69, 9.17) is 0 Å². The third-order valence-corrected chi connectivity index (χ3v) is 4.44. The number of aliphatic carboxylic acids is 1. The zero-order valence-electron chi connectivity index (χ0n) is 11.2. The van der Waals surface area contributed by atoms with Crippen molar-refractivity contribution in [2.45, 2.75) is 51.9 Å². The molecule has 3 heteroatoms. The molecule has 98 valence electrons. The van der Waals surface area contributed by atoms with E-state index in [1.807, 2.05) is 26.8 Å². The molecule has 0 amide bonds. The van der Waals surface area contributed by atoms with Gasteiger partial charge in [-0.1, -0.05) is 18.9 Å². The number of benzene rings is 1. The number of hydrogen-bond donors (Lipinski definition) is 2. The average molecular weight is 248 g/mol. The number of hydrogen-bond acceptors (Lipinski definition) is 2. The largest absolute Gasteiger partial charge is 0.507 e.